The Bertz CT molecular complexity index is 704. The topological polar surface area (TPSA) is 112 Å². The Morgan fingerprint density at radius 3 is 2.81 bits per heavy atom. The lowest BCUT2D eigenvalue weighted by Gasteiger charge is -2.05. The predicted octanol–water partition coefficient (Wildman–Crippen LogP) is 0.441. The number of aromatic carboxylic acids is 1. The van der Waals surface area contributed by atoms with Gasteiger partial charge in [0.25, 0.3) is 11.5 Å². The first kappa shape index (κ1) is 14.4. The largest absolute Gasteiger partial charge is 0.478 e. The molecule has 0 aliphatic heterocycles. The Kier molecular flexibility index (Phi) is 4.45. The van der Waals surface area contributed by atoms with Gasteiger partial charge in [-0.25, -0.2) is 9.78 Å². The molecule has 0 spiro atoms. The fraction of sp³-hybridized carbons (Fsp3) is 0.143. The predicted molar refractivity (Wildman–Crippen MR) is 74.3 cm³/mol. The molecule has 2 rings (SSSR count). The second kappa shape index (κ2) is 6.47. The molecule has 2 aromatic rings. The number of carboxylic acid groups (broad SMARTS) is 1. The molecule has 0 saturated carbocycles. The number of hydrogen-bond donors (Lipinski definition) is 3. The summed E-state index contributed by atoms with van der Waals surface area (Å²) in [4.78, 5) is 39.5. The maximum atomic E-state index is 11.7. The highest BCUT2D eigenvalue weighted by atomic mass is 16.4. The number of aromatic nitrogens is 2. The number of benzene rings is 1. The number of H-pyrrole nitrogens is 1. The first-order chi connectivity index (χ1) is 10.1. The molecule has 0 aliphatic rings. The van der Waals surface area contributed by atoms with Gasteiger partial charge in [-0.3, -0.25) is 9.59 Å². The van der Waals surface area contributed by atoms with E-state index < -0.39 is 11.9 Å². The number of rotatable bonds is 5. The summed E-state index contributed by atoms with van der Waals surface area (Å²) >= 11 is 0. The molecular formula is C14H13N3O4. The fourth-order valence-electron chi connectivity index (χ4n) is 1.74. The van der Waals surface area contributed by atoms with Crippen LogP contribution in [0.3, 0.4) is 0 Å². The van der Waals surface area contributed by atoms with Crippen LogP contribution in [0.2, 0.25) is 0 Å². The normalized spacial score (nSPS) is 10.1. The zero-order valence-electron chi connectivity index (χ0n) is 11.0. The van der Waals surface area contributed by atoms with E-state index in [4.69, 9.17) is 5.11 Å². The lowest BCUT2D eigenvalue weighted by atomic mass is 10.1. The van der Waals surface area contributed by atoms with E-state index in [1.54, 1.807) is 18.2 Å². The molecule has 21 heavy (non-hydrogen) atoms. The van der Waals surface area contributed by atoms with Crippen molar-refractivity contribution in [3.05, 3.63) is 63.8 Å². The van der Waals surface area contributed by atoms with E-state index >= 15 is 0 Å². The summed E-state index contributed by atoms with van der Waals surface area (Å²) in [6.07, 6.45) is 2.77. The van der Waals surface area contributed by atoms with Crippen LogP contribution in [-0.2, 0) is 6.42 Å². The number of carboxylic acids is 1. The lowest BCUT2D eigenvalue weighted by molar-refractivity contribution is 0.0696. The highest BCUT2D eigenvalue weighted by Crippen LogP contribution is 2.05. The molecule has 7 nitrogen and oxygen atoms in total. The molecule has 0 fully saturated rings. The summed E-state index contributed by atoms with van der Waals surface area (Å²) < 4.78 is 0. The molecule has 1 aromatic heterocycles. The minimum Gasteiger partial charge on any atom is -0.478 e. The van der Waals surface area contributed by atoms with Crippen LogP contribution >= 0.6 is 0 Å². The van der Waals surface area contributed by atoms with Gasteiger partial charge in [-0.05, 0) is 24.1 Å². The Morgan fingerprint density at radius 1 is 1.33 bits per heavy atom. The Labute approximate surface area is 119 Å². The number of carbonyl (C=O) groups excluding carboxylic acids is 1. The Balaban J connectivity index is 1.90. The second-order valence-electron chi connectivity index (χ2n) is 4.31. The van der Waals surface area contributed by atoms with Crippen LogP contribution in [0, 0.1) is 0 Å². The van der Waals surface area contributed by atoms with E-state index in [0.29, 0.717) is 13.0 Å². The highest BCUT2D eigenvalue weighted by Gasteiger charge is 2.07. The number of nitrogens with zero attached hydrogens (tertiary/aromatic N) is 1. The number of carbonyl (C=O) groups is 2. The molecule has 0 bridgehead atoms. The van der Waals surface area contributed by atoms with Crippen molar-refractivity contribution >= 4 is 11.9 Å². The van der Waals surface area contributed by atoms with Crippen LogP contribution in [-0.4, -0.2) is 33.5 Å². The van der Waals surface area contributed by atoms with Crippen molar-refractivity contribution < 1.29 is 14.7 Å². The summed E-state index contributed by atoms with van der Waals surface area (Å²) in [5, 5.41) is 11.5. The number of aromatic amines is 1. The molecule has 7 heteroatoms. The van der Waals surface area contributed by atoms with E-state index in [0.717, 1.165) is 11.8 Å². The Morgan fingerprint density at radius 2 is 2.14 bits per heavy atom. The van der Waals surface area contributed by atoms with E-state index in [9.17, 15) is 14.4 Å². The van der Waals surface area contributed by atoms with Crippen LogP contribution in [0.25, 0.3) is 0 Å². The van der Waals surface area contributed by atoms with Gasteiger partial charge < -0.3 is 15.4 Å². The third-order valence-electron chi connectivity index (χ3n) is 2.78. The van der Waals surface area contributed by atoms with Crippen molar-refractivity contribution in [2.45, 2.75) is 6.42 Å². The van der Waals surface area contributed by atoms with E-state index in [1.807, 2.05) is 0 Å². The average Bonchev–Trinajstić information content (AvgIpc) is 2.48. The monoisotopic (exact) mass is 287 g/mol. The number of amides is 1. The molecule has 0 atom stereocenters. The smallest absolute Gasteiger partial charge is 0.335 e. The molecular weight excluding hydrogens is 274 g/mol. The minimum atomic E-state index is -0.988. The summed E-state index contributed by atoms with van der Waals surface area (Å²) in [6.45, 7) is 0.336. The molecule has 0 saturated heterocycles. The summed E-state index contributed by atoms with van der Waals surface area (Å²) in [6, 6.07) is 6.52. The van der Waals surface area contributed by atoms with Gasteiger partial charge in [-0.1, -0.05) is 12.1 Å². The maximum absolute atomic E-state index is 11.7. The van der Waals surface area contributed by atoms with E-state index in [2.05, 4.69) is 15.3 Å². The van der Waals surface area contributed by atoms with Crippen LogP contribution in [0.4, 0.5) is 0 Å². The van der Waals surface area contributed by atoms with Gasteiger partial charge >= 0.3 is 5.97 Å². The van der Waals surface area contributed by atoms with Crippen molar-refractivity contribution in [2.24, 2.45) is 0 Å². The minimum absolute atomic E-state index is 0.119. The van der Waals surface area contributed by atoms with Crippen molar-refractivity contribution in [3.8, 4) is 0 Å². The van der Waals surface area contributed by atoms with Crippen LogP contribution in [0.1, 0.15) is 26.4 Å². The number of hydrogen-bond acceptors (Lipinski definition) is 4. The summed E-state index contributed by atoms with van der Waals surface area (Å²) in [7, 11) is 0. The van der Waals surface area contributed by atoms with Gasteiger partial charge in [-0.2, -0.15) is 0 Å². The summed E-state index contributed by atoms with van der Waals surface area (Å²) in [5.41, 5.74) is 0.761. The van der Waals surface area contributed by atoms with Crippen LogP contribution in [0.15, 0.2) is 41.5 Å². The molecule has 3 N–H and O–H groups in total. The molecule has 0 aliphatic carbocycles. The fourth-order valence-corrected chi connectivity index (χ4v) is 1.74. The second-order valence-corrected chi connectivity index (χ2v) is 4.31. The standard InChI is InChI=1S/C14H13N3O4/c18-12-8-16-11(7-17-12)13(19)15-5-4-9-2-1-3-10(6-9)14(20)21/h1-3,6-8H,4-5H2,(H,15,19)(H,17,18)(H,20,21). The molecule has 0 radical (unpaired) electrons. The van der Waals surface area contributed by atoms with Gasteiger partial charge in [0.15, 0.2) is 0 Å². The first-order valence-electron chi connectivity index (χ1n) is 6.21. The van der Waals surface area contributed by atoms with Crippen molar-refractivity contribution in [2.75, 3.05) is 6.54 Å². The van der Waals surface area contributed by atoms with Gasteiger partial charge in [0.2, 0.25) is 0 Å². The van der Waals surface area contributed by atoms with Gasteiger partial charge in [0.1, 0.15) is 5.69 Å². The van der Waals surface area contributed by atoms with Gasteiger partial charge in [-0.15, -0.1) is 0 Å². The zero-order valence-corrected chi connectivity index (χ0v) is 11.0. The third-order valence-corrected chi connectivity index (χ3v) is 2.78. The molecule has 108 valence electrons. The van der Waals surface area contributed by atoms with E-state index in [-0.39, 0.29) is 16.8 Å². The lowest BCUT2D eigenvalue weighted by Crippen LogP contribution is -2.27. The van der Waals surface area contributed by atoms with Gasteiger partial charge in [0, 0.05) is 12.7 Å². The average molecular weight is 287 g/mol. The maximum Gasteiger partial charge on any atom is 0.335 e. The first-order valence-corrected chi connectivity index (χ1v) is 6.21. The highest BCUT2D eigenvalue weighted by molar-refractivity contribution is 5.91. The molecule has 1 aromatic carbocycles. The SMILES string of the molecule is O=C(O)c1cccc(CCNC(=O)c2c[nH]c(=O)cn2)c1. The molecule has 0 unspecified atom stereocenters. The quantitative estimate of drug-likeness (QED) is 0.738. The van der Waals surface area contributed by atoms with Crippen LogP contribution < -0.4 is 10.9 Å². The Hall–Kier alpha value is -2.96. The molecule has 1 amide bonds. The van der Waals surface area contributed by atoms with Crippen molar-refractivity contribution in [1.29, 1.82) is 0 Å². The third kappa shape index (κ3) is 4.00. The van der Waals surface area contributed by atoms with Gasteiger partial charge in [0.05, 0.1) is 11.8 Å². The van der Waals surface area contributed by atoms with Crippen molar-refractivity contribution in [1.82, 2.24) is 15.3 Å². The zero-order chi connectivity index (χ0) is 15.2. The van der Waals surface area contributed by atoms with E-state index in [1.165, 1.54) is 12.3 Å². The molecule has 1 heterocycles. The summed E-state index contributed by atoms with van der Waals surface area (Å²) in [5.74, 6) is -1.39. The van der Waals surface area contributed by atoms with Crippen LogP contribution in [0.5, 0.6) is 0 Å². The number of nitrogens with one attached hydrogen (secondary N) is 2. The van der Waals surface area contributed by atoms with Crippen molar-refractivity contribution in [3.63, 3.8) is 0 Å².